The standard InChI is InChI=1S/C18H16O4S/c1-3-12-4-5-14-13(9-16(19)22-15(14)8-12)10-21-18(20)17-11(2)6-7-23-17/h4-9H,3,10H2,1-2H3. The van der Waals surface area contributed by atoms with Gasteiger partial charge in [0, 0.05) is 17.0 Å². The maximum Gasteiger partial charge on any atom is 0.348 e. The largest absolute Gasteiger partial charge is 0.457 e. The Morgan fingerprint density at radius 2 is 2.09 bits per heavy atom. The summed E-state index contributed by atoms with van der Waals surface area (Å²) >= 11 is 1.35. The molecule has 4 nitrogen and oxygen atoms in total. The van der Waals surface area contributed by atoms with Gasteiger partial charge in [0.25, 0.3) is 0 Å². The molecule has 0 aliphatic rings. The zero-order valence-corrected chi connectivity index (χ0v) is 13.7. The minimum absolute atomic E-state index is 0.0454. The first-order valence-corrected chi connectivity index (χ1v) is 8.23. The smallest absolute Gasteiger partial charge is 0.348 e. The molecule has 118 valence electrons. The summed E-state index contributed by atoms with van der Waals surface area (Å²) in [6.45, 7) is 3.95. The third kappa shape index (κ3) is 3.19. The van der Waals surface area contributed by atoms with Crippen LogP contribution in [0.2, 0.25) is 0 Å². The Labute approximate surface area is 137 Å². The Balaban J connectivity index is 1.89. The van der Waals surface area contributed by atoms with Crippen LogP contribution in [0.4, 0.5) is 0 Å². The lowest BCUT2D eigenvalue weighted by molar-refractivity contribution is 0.0479. The van der Waals surface area contributed by atoms with E-state index in [1.54, 1.807) is 0 Å². The number of fused-ring (bicyclic) bond motifs is 1. The topological polar surface area (TPSA) is 56.5 Å². The molecule has 0 unspecified atom stereocenters. The van der Waals surface area contributed by atoms with Crippen LogP contribution in [-0.4, -0.2) is 5.97 Å². The molecule has 23 heavy (non-hydrogen) atoms. The van der Waals surface area contributed by atoms with Gasteiger partial charge >= 0.3 is 11.6 Å². The van der Waals surface area contributed by atoms with Crippen molar-refractivity contribution in [1.29, 1.82) is 0 Å². The van der Waals surface area contributed by atoms with Crippen LogP contribution < -0.4 is 5.63 Å². The molecule has 3 aromatic rings. The SMILES string of the molecule is CCc1ccc2c(COC(=O)c3sccc3C)cc(=O)oc2c1. The highest BCUT2D eigenvalue weighted by Gasteiger charge is 2.14. The number of hydrogen-bond acceptors (Lipinski definition) is 5. The first kappa shape index (κ1) is 15.5. The average molecular weight is 328 g/mol. The number of carbonyl (C=O) groups excluding carboxylic acids is 1. The number of esters is 1. The lowest BCUT2D eigenvalue weighted by Gasteiger charge is -2.08. The Morgan fingerprint density at radius 3 is 2.78 bits per heavy atom. The van der Waals surface area contributed by atoms with Crippen LogP contribution in [0.25, 0.3) is 11.0 Å². The first-order chi connectivity index (χ1) is 11.1. The van der Waals surface area contributed by atoms with Gasteiger partial charge < -0.3 is 9.15 Å². The van der Waals surface area contributed by atoms with Gasteiger partial charge in [-0.05, 0) is 42.0 Å². The molecule has 2 aromatic heterocycles. The van der Waals surface area contributed by atoms with Crippen molar-refractivity contribution in [3.8, 4) is 0 Å². The average Bonchev–Trinajstić information content (AvgIpc) is 2.97. The molecule has 3 rings (SSSR count). The van der Waals surface area contributed by atoms with E-state index in [2.05, 4.69) is 0 Å². The van der Waals surface area contributed by atoms with Crippen molar-refractivity contribution in [2.24, 2.45) is 0 Å². The van der Waals surface area contributed by atoms with Gasteiger partial charge in [0.1, 0.15) is 17.1 Å². The Morgan fingerprint density at radius 1 is 1.26 bits per heavy atom. The Hall–Kier alpha value is -2.40. The number of rotatable bonds is 4. The molecule has 0 amide bonds. The monoisotopic (exact) mass is 328 g/mol. The van der Waals surface area contributed by atoms with Gasteiger partial charge in [0.05, 0.1) is 0 Å². The van der Waals surface area contributed by atoms with Gasteiger partial charge in [0.2, 0.25) is 0 Å². The van der Waals surface area contributed by atoms with E-state index in [-0.39, 0.29) is 12.6 Å². The van der Waals surface area contributed by atoms with E-state index in [1.165, 1.54) is 17.4 Å². The van der Waals surface area contributed by atoms with Crippen molar-refractivity contribution >= 4 is 28.3 Å². The van der Waals surface area contributed by atoms with Crippen LogP contribution in [0.5, 0.6) is 0 Å². The van der Waals surface area contributed by atoms with Crippen LogP contribution in [0.15, 0.2) is 44.9 Å². The molecular weight excluding hydrogens is 312 g/mol. The van der Waals surface area contributed by atoms with E-state index in [9.17, 15) is 9.59 Å². The van der Waals surface area contributed by atoms with Crippen LogP contribution in [0, 0.1) is 6.92 Å². The molecular formula is C18H16O4S. The van der Waals surface area contributed by atoms with Crippen molar-refractivity contribution in [3.63, 3.8) is 0 Å². The Bertz CT molecular complexity index is 920. The second kappa shape index (κ2) is 6.38. The van der Waals surface area contributed by atoms with E-state index in [1.807, 2.05) is 43.5 Å². The molecule has 0 atom stereocenters. The number of ether oxygens (including phenoxy) is 1. The summed E-state index contributed by atoms with van der Waals surface area (Å²) in [7, 11) is 0. The lowest BCUT2D eigenvalue weighted by atomic mass is 10.1. The summed E-state index contributed by atoms with van der Waals surface area (Å²) < 4.78 is 10.6. The number of thiophene rings is 1. The van der Waals surface area contributed by atoms with Gasteiger partial charge in [0.15, 0.2) is 0 Å². The van der Waals surface area contributed by atoms with E-state index >= 15 is 0 Å². The second-order valence-corrected chi connectivity index (χ2v) is 6.20. The summed E-state index contributed by atoms with van der Waals surface area (Å²) in [5, 5.41) is 2.64. The normalized spacial score (nSPS) is 10.9. The van der Waals surface area contributed by atoms with Gasteiger partial charge in [-0.2, -0.15) is 0 Å². The number of aryl methyl sites for hydroxylation is 2. The summed E-state index contributed by atoms with van der Waals surface area (Å²) in [6.07, 6.45) is 0.858. The highest BCUT2D eigenvalue weighted by atomic mass is 32.1. The zero-order chi connectivity index (χ0) is 16.4. The molecule has 5 heteroatoms. The molecule has 0 aliphatic carbocycles. The van der Waals surface area contributed by atoms with Crippen LogP contribution >= 0.6 is 11.3 Å². The summed E-state index contributed by atoms with van der Waals surface area (Å²) in [5.74, 6) is -0.371. The molecule has 0 fully saturated rings. The molecule has 0 bridgehead atoms. The molecule has 0 spiro atoms. The van der Waals surface area contributed by atoms with Gasteiger partial charge in [-0.3, -0.25) is 0 Å². The van der Waals surface area contributed by atoms with E-state index in [0.29, 0.717) is 16.0 Å². The summed E-state index contributed by atoms with van der Waals surface area (Å²) in [5.41, 5.74) is 2.72. The highest BCUT2D eigenvalue weighted by Crippen LogP contribution is 2.21. The van der Waals surface area contributed by atoms with Gasteiger partial charge in [-0.1, -0.05) is 19.1 Å². The van der Waals surface area contributed by atoms with Crippen molar-refractivity contribution in [2.75, 3.05) is 0 Å². The fraction of sp³-hybridized carbons (Fsp3) is 0.222. The third-order valence-corrected chi connectivity index (χ3v) is 4.71. The molecule has 0 aliphatic heterocycles. The molecule has 0 N–H and O–H groups in total. The van der Waals surface area contributed by atoms with Gasteiger partial charge in [-0.15, -0.1) is 11.3 Å². The summed E-state index contributed by atoms with van der Waals surface area (Å²) in [4.78, 5) is 24.4. The molecule has 0 saturated heterocycles. The quantitative estimate of drug-likeness (QED) is 0.535. The molecule has 1 aromatic carbocycles. The number of carbonyl (C=O) groups is 1. The van der Waals surface area contributed by atoms with Crippen molar-refractivity contribution in [2.45, 2.75) is 26.9 Å². The fourth-order valence-electron chi connectivity index (χ4n) is 2.40. The number of hydrogen-bond donors (Lipinski definition) is 0. The van der Waals surface area contributed by atoms with Crippen LogP contribution in [0.1, 0.15) is 33.3 Å². The zero-order valence-electron chi connectivity index (χ0n) is 12.9. The minimum atomic E-state index is -0.441. The summed E-state index contributed by atoms with van der Waals surface area (Å²) in [6, 6.07) is 8.99. The predicted octanol–water partition coefficient (Wildman–Crippen LogP) is 4.08. The number of benzene rings is 1. The minimum Gasteiger partial charge on any atom is -0.457 e. The highest BCUT2D eigenvalue weighted by molar-refractivity contribution is 7.12. The van der Waals surface area contributed by atoms with Crippen LogP contribution in [-0.2, 0) is 17.8 Å². The van der Waals surface area contributed by atoms with E-state index in [0.717, 1.165) is 22.9 Å². The molecule has 0 saturated carbocycles. The third-order valence-electron chi connectivity index (χ3n) is 3.71. The maximum absolute atomic E-state index is 12.1. The molecule has 0 radical (unpaired) electrons. The maximum atomic E-state index is 12.1. The van der Waals surface area contributed by atoms with Crippen molar-refractivity contribution in [1.82, 2.24) is 0 Å². The fourth-order valence-corrected chi connectivity index (χ4v) is 3.22. The van der Waals surface area contributed by atoms with Gasteiger partial charge in [-0.25, -0.2) is 9.59 Å². The lowest BCUT2D eigenvalue weighted by Crippen LogP contribution is -2.07. The van der Waals surface area contributed by atoms with Crippen molar-refractivity contribution < 1.29 is 13.9 Å². The van der Waals surface area contributed by atoms with E-state index < -0.39 is 5.63 Å². The second-order valence-electron chi connectivity index (χ2n) is 5.28. The Kier molecular flexibility index (Phi) is 4.30. The predicted molar refractivity (Wildman–Crippen MR) is 90.0 cm³/mol. The van der Waals surface area contributed by atoms with Crippen LogP contribution in [0.3, 0.4) is 0 Å². The van der Waals surface area contributed by atoms with E-state index in [4.69, 9.17) is 9.15 Å². The van der Waals surface area contributed by atoms with Crippen molar-refractivity contribution in [3.05, 3.63) is 67.7 Å². The first-order valence-electron chi connectivity index (χ1n) is 7.35. The molecule has 2 heterocycles.